The first kappa shape index (κ1) is 20.2. The van der Waals surface area contributed by atoms with Crippen molar-refractivity contribution in [1.29, 1.82) is 0 Å². The van der Waals surface area contributed by atoms with Gasteiger partial charge in [0, 0.05) is 22.8 Å². The number of nitrogens with two attached hydrogens (primary N) is 1. The summed E-state index contributed by atoms with van der Waals surface area (Å²) in [4.78, 5) is 16.7. The van der Waals surface area contributed by atoms with E-state index < -0.39 is 0 Å². The second-order valence-electron chi connectivity index (χ2n) is 5.60. The Morgan fingerprint density at radius 2 is 2.13 bits per heavy atom. The van der Waals surface area contributed by atoms with E-state index in [4.69, 9.17) is 5.73 Å². The van der Waals surface area contributed by atoms with Gasteiger partial charge in [-0.25, -0.2) is 4.98 Å². The summed E-state index contributed by atoms with van der Waals surface area (Å²) < 4.78 is 2.95. The molecule has 1 aliphatic rings. The number of carbonyl (C=O) groups excluding carboxylic acids is 1. The van der Waals surface area contributed by atoms with E-state index in [2.05, 4.69) is 26.2 Å². The van der Waals surface area contributed by atoms with E-state index in [1.54, 1.807) is 0 Å². The summed E-state index contributed by atoms with van der Waals surface area (Å²) in [7, 11) is 0. The molecule has 3 N–H and O–H groups in total. The first-order valence-corrected chi connectivity index (χ1v) is 8.07. The van der Waals surface area contributed by atoms with Crippen LogP contribution in [0.2, 0.25) is 0 Å². The molecule has 5 nitrogen and oxygen atoms in total. The summed E-state index contributed by atoms with van der Waals surface area (Å²) in [5.41, 5.74) is 7.48. The zero-order valence-corrected chi connectivity index (χ0v) is 15.8. The van der Waals surface area contributed by atoms with E-state index in [0.717, 1.165) is 35.1 Å². The van der Waals surface area contributed by atoms with E-state index in [1.165, 1.54) is 0 Å². The van der Waals surface area contributed by atoms with Crippen LogP contribution in [-0.2, 0) is 11.3 Å². The molecule has 0 saturated heterocycles. The Kier molecular flexibility index (Phi) is 7.80. The molecule has 1 fully saturated rings. The van der Waals surface area contributed by atoms with Crippen molar-refractivity contribution in [2.75, 3.05) is 6.54 Å². The molecule has 2 aromatic rings. The highest BCUT2D eigenvalue weighted by molar-refractivity contribution is 9.10. The van der Waals surface area contributed by atoms with Crippen molar-refractivity contribution in [3.05, 3.63) is 34.7 Å². The largest absolute Gasteiger partial charge is 0.350 e. The molecular weight excluding hydrogens is 403 g/mol. The van der Waals surface area contributed by atoms with Gasteiger partial charge in [-0.1, -0.05) is 6.42 Å². The third kappa shape index (κ3) is 4.59. The molecular formula is C15H21BrCl2N4O. The molecule has 3 rings (SSSR count). The number of hydrogen-bond acceptors (Lipinski definition) is 3. The van der Waals surface area contributed by atoms with Crippen molar-refractivity contribution in [3.8, 4) is 0 Å². The van der Waals surface area contributed by atoms with Gasteiger partial charge in [-0.3, -0.25) is 4.79 Å². The van der Waals surface area contributed by atoms with Crippen LogP contribution >= 0.6 is 40.7 Å². The number of nitrogens with one attached hydrogen (secondary N) is 1. The predicted molar refractivity (Wildman–Crippen MR) is 99.1 cm³/mol. The Morgan fingerprint density at radius 3 is 2.87 bits per heavy atom. The van der Waals surface area contributed by atoms with E-state index in [9.17, 15) is 4.79 Å². The first-order chi connectivity index (χ1) is 10.2. The van der Waals surface area contributed by atoms with Crippen molar-refractivity contribution < 1.29 is 4.79 Å². The number of imidazole rings is 1. The summed E-state index contributed by atoms with van der Waals surface area (Å²) in [6.45, 7) is 1.06. The van der Waals surface area contributed by atoms with Crippen LogP contribution in [0.5, 0.6) is 0 Å². The Hall–Kier alpha value is -0.820. The van der Waals surface area contributed by atoms with Crippen LogP contribution in [0, 0.1) is 11.8 Å². The highest BCUT2D eigenvalue weighted by atomic mass is 79.9. The van der Waals surface area contributed by atoms with Gasteiger partial charge < -0.3 is 15.5 Å². The van der Waals surface area contributed by atoms with Gasteiger partial charge in [-0.15, -0.1) is 24.8 Å². The molecule has 0 radical (unpaired) electrons. The number of nitrogens with zero attached hydrogens (tertiary/aromatic N) is 2. The lowest BCUT2D eigenvalue weighted by molar-refractivity contribution is -0.126. The average Bonchev–Trinajstić information content (AvgIpc) is 3.10. The fourth-order valence-corrected chi connectivity index (χ4v) is 3.43. The molecule has 23 heavy (non-hydrogen) atoms. The van der Waals surface area contributed by atoms with E-state index >= 15 is 0 Å². The lowest BCUT2D eigenvalue weighted by atomic mass is 9.95. The minimum absolute atomic E-state index is 0. The molecule has 1 aliphatic carbocycles. The van der Waals surface area contributed by atoms with Crippen LogP contribution in [-0.4, -0.2) is 21.8 Å². The van der Waals surface area contributed by atoms with Gasteiger partial charge in [0.1, 0.15) is 5.65 Å². The minimum atomic E-state index is 0. The molecule has 2 atom stereocenters. The van der Waals surface area contributed by atoms with E-state index in [0.29, 0.717) is 19.0 Å². The maximum Gasteiger partial charge on any atom is 0.223 e. The molecule has 0 aliphatic heterocycles. The number of pyridine rings is 1. The Labute approximate surface area is 156 Å². The average molecular weight is 424 g/mol. The molecule has 128 valence electrons. The molecule has 0 spiro atoms. The normalized spacial score (nSPS) is 19.9. The Bertz CT molecular complexity index is 664. The zero-order chi connectivity index (χ0) is 14.8. The summed E-state index contributed by atoms with van der Waals surface area (Å²) in [5, 5.41) is 3.00. The summed E-state index contributed by atoms with van der Waals surface area (Å²) in [6.07, 6.45) is 7.01. The Morgan fingerprint density at radius 1 is 1.35 bits per heavy atom. The monoisotopic (exact) mass is 422 g/mol. The lowest BCUT2D eigenvalue weighted by Gasteiger charge is -2.16. The number of halogens is 3. The standard InChI is InChI=1S/C15H19BrN4O.2ClH/c16-11-4-5-14-19-12(9-20(14)8-11)7-18-15(21)13-3-1-2-10(13)6-17;;/h4-5,8-10,13H,1-3,6-7,17H2,(H,18,21);2*1H/t10-,13-;;/m1../s1. The molecule has 2 aromatic heterocycles. The molecule has 0 bridgehead atoms. The summed E-state index contributed by atoms with van der Waals surface area (Å²) in [6, 6.07) is 3.89. The third-order valence-corrected chi connectivity index (χ3v) is 4.68. The molecule has 1 saturated carbocycles. The zero-order valence-electron chi connectivity index (χ0n) is 12.6. The van der Waals surface area contributed by atoms with Crippen molar-refractivity contribution in [2.45, 2.75) is 25.8 Å². The number of amides is 1. The van der Waals surface area contributed by atoms with Crippen LogP contribution in [0.25, 0.3) is 5.65 Å². The highest BCUT2D eigenvalue weighted by Gasteiger charge is 2.31. The van der Waals surface area contributed by atoms with E-state index in [1.807, 2.05) is 28.9 Å². The minimum Gasteiger partial charge on any atom is -0.350 e. The van der Waals surface area contributed by atoms with Crippen LogP contribution < -0.4 is 11.1 Å². The summed E-state index contributed by atoms with van der Waals surface area (Å²) in [5.74, 6) is 0.518. The first-order valence-electron chi connectivity index (χ1n) is 7.28. The second-order valence-corrected chi connectivity index (χ2v) is 6.51. The van der Waals surface area contributed by atoms with Gasteiger partial charge in [0.25, 0.3) is 0 Å². The smallest absolute Gasteiger partial charge is 0.223 e. The van der Waals surface area contributed by atoms with Gasteiger partial charge >= 0.3 is 0 Å². The molecule has 8 heteroatoms. The lowest BCUT2D eigenvalue weighted by Crippen LogP contribution is -2.34. The van der Waals surface area contributed by atoms with E-state index in [-0.39, 0.29) is 36.6 Å². The van der Waals surface area contributed by atoms with Crippen molar-refractivity contribution in [2.24, 2.45) is 17.6 Å². The van der Waals surface area contributed by atoms with Gasteiger partial charge in [-0.2, -0.15) is 0 Å². The summed E-state index contributed by atoms with van der Waals surface area (Å²) >= 11 is 3.43. The fourth-order valence-electron chi connectivity index (χ4n) is 3.08. The van der Waals surface area contributed by atoms with Crippen molar-refractivity contribution >= 4 is 52.3 Å². The molecule has 2 heterocycles. The molecule has 0 aromatic carbocycles. The Balaban J connectivity index is 0.00000132. The second kappa shape index (κ2) is 8.87. The SMILES string of the molecule is Cl.Cl.NC[C@H]1CCC[C@H]1C(=O)NCc1cn2cc(Br)ccc2n1. The molecule has 0 unspecified atom stereocenters. The van der Waals surface area contributed by atoms with Crippen LogP contribution in [0.4, 0.5) is 0 Å². The van der Waals surface area contributed by atoms with Crippen LogP contribution in [0.1, 0.15) is 25.0 Å². The molecule has 1 amide bonds. The van der Waals surface area contributed by atoms with Gasteiger partial charge in [0.2, 0.25) is 5.91 Å². The maximum absolute atomic E-state index is 12.2. The third-order valence-electron chi connectivity index (χ3n) is 4.21. The van der Waals surface area contributed by atoms with Gasteiger partial charge in [0.15, 0.2) is 0 Å². The highest BCUT2D eigenvalue weighted by Crippen LogP contribution is 2.30. The maximum atomic E-state index is 12.2. The van der Waals surface area contributed by atoms with Crippen molar-refractivity contribution in [1.82, 2.24) is 14.7 Å². The van der Waals surface area contributed by atoms with Crippen LogP contribution in [0.15, 0.2) is 29.0 Å². The van der Waals surface area contributed by atoms with Crippen LogP contribution in [0.3, 0.4) is 0 Å². The van der Waals surface area contributed by atoms with Gasteiger partial charge in [0.05, 0.1) is 12.2 Å². The number of hydrogen-bond donors (Lipinski definition) is 2. The number of aromatic nitrogens is 2. The quantitative estimate of drug-likeness (QED) is 0.793. The number of carbonyl (C=O) groups is 1. The topological polar surface area (TPSA) is 72.4 Å². The number of fused-ring (bicyclic) bond motifs is 1. The fraction of sp³-hybridized carbons (Fsp3) is 0.467. The number of rotatable bonds is 4. The predicted octanol–water partition coefficient (Wildman–Crippen LogP) is 2.93. The van der Waals surface area contributed by atoms with Crippen molar-refractivity contribution in [3.63, 3.8) is 0 Å². The van der Waals surface area contributed by atoms with Gasteiger partial charge in [-0.05, 0) is 53.4 Å².